The van der Waals surface area contributed by atoms with Gasteiger partial charge in [-0.15, -0.1) is 0 Å². The van der Waals surface area contributed by atoms with Crippen molar-refractivity contribution in [3.8, 4) is 0 Å². The fourth-order valence-electron chi connectivity index (χ4n) is 3.41. The second-order valence-electron chi connectivity index (χ2n) is 7.26. The molecule has 0 spiro atoms. The highest BCUT2D eigenvalue weighted by molar-refractivity contribution is 6.06. The van der Waals surface area contributed by atoms with Crippen LogP contribution in [0.4, 0.5) is 11.4 Å². The topological polar surface area (TPSA) is 115 Å². The maximum absolute atomic E-state index is 12.9. The van der Waals surface area contributed by atoms with E-state index in [9.17, 15) is 14.9 Å². The lowest BCUT2D eigenvalue weighted by molar-refractivity contribution is -0.384. The summed E-state index contributed by atoms with van der Waals surface area (Å²) >= 11 is 0. The highest BCUT2D eigenvalue weighted by atomic mass is 16.6. The molecule has 1 aliphatic rings. The Morgan fingerprint density at radius 3 is 2.66 bits per heavy atom. The Morgan fingerprint density at radius 1 is 1.28 bits per heavy atom. The average Bonchev–Trinajstić information content (AvgIpc) is 3.51. The third-order valence-electron chi connectivity index (χ3n) is 5.05. The fraction of sp³-hybridized carbons (Fsp3) is 0.350. The van der Waals surface area contributed by atoms with Crippen LogP contribution < -0.4 is 10.6 Å². The number of aromatic nitrogens is 3. The van der Waals surface area contributed by atoms with E-state index in [1.165, 1.54) is 12.1 Å². The summed E-state index contributed by atoms with van der Waals surface area (Å²) in [6, 6.07) is 8.08. The molecule has 29 heavy (non-hydrogen) atoms. The predicted octanol–water partition coefficient (Wildman–Crippen LogP) is 2.90. The number of rotatable bonds is 7. The summed E-state index contributed by atoms with van der Waals surface area (Å²) in [5.74, 6) is 0.283. The number of nitro benzene ring substituents is 1. The van der Waals surface area contributed by atoms with Gasteiger partial charge >= 0.3 is 0 Å². The highest BCUT2D eigenvalue weighted by Gasteiger charge is 2.28. The largest absolute Gasteiger partial charge is 0.383 e. The predicted molar refractivity (Wildman–Crippen MR) is 109 cm³/mol. The van der Waals surface area contributed by atoms with Gasteiger partial charge in [-0.1, -0.05) is 0 Å². The quantitative estimate of drug-likeness (QED) is 0.362. The molecule has 0 atom stereocenters. The average molecular weight is 394 g/mol. The van der Waals surface area contributed by atoms with Crippen LogP contribution in [0, 0.1) is 17.0 Å². The van der Waals surface area contributed by atoms with Crippen LogP contribution in [0.3, 0.4) is 0 Å². The molecule has 1 saturated carbocycles. The molecular formula is C20H22N6O3. The number of nitro groups is 1. The number of nitrogens with zero attached hydrogens (tertiary/aromatic N) is 4. The summed E-state index contributed by atoms with van der Waals surface area (Å²) in [7, 11) is 1.84. The standard InChI is InChI=1S/C20H22N6O3/c1-12-18-16(11-17(13-3-4-13)23-19(18)25(2)24-12)20(27)22-10-9-21-14-5-7-15(8-6-14)26(28)29/h5-8,11,13,21H,3-4,9-10H2,1-2H3,(H,22,27). The van der Waals surface area contributed by atoms with Gasteiger partial charge in [-0.25, -0.2) is 4.98 Å². The van der Waals surface area contributed by atoms with E-state index in [0.29, 0.717) is 24.6 Å². The molecule has 150 valence electrons. The molecule has 1 fully saturated rings. The first kappa shape index (κ1) is 18.9. The zero-order valence-electron chi connectivity index (χ0n) is 16.3. The lowest BCUT2D eigenvalue weighted by Crippen LogP contribution is -2.29. The molecule has 9 heteroatoms. The number of carbonyl (C=O) groups is 1. The van der Waals surface area contributed by atoms with Gasteiger partial charge < -0.3 is 10.6 Å². The summed E-state index contributed by atoms with van der Waals surface area (Å²) < 4.78 is 1.73. The second-order valence-corrected chi connectivity index (χ2v) is 7.26. The number of benzene rings is 1. The minimum atomic E-state index is -0.435. The smallest absolute Gasteiger partial charge is 0.269 e. The molecular weight excluding hydrogens is 372 g/mol. The van der Waals surface area contributed by atoms with Crippen LogP contribution in [0.2, 0.25) is 0 Å². The Kier molecular flexibility index (Phi) is 4.87. The van der Waals surface area contributed by atoms with Crippen molar-refractivity contribution in [2.45, 2.75) is 25.7 Å². The van der Waals surface area contributed by atoms with Gasteiger partial charge in [0.15, 0.2) is 5.65 Å². The van der Waals surface area contributed by atoms with Crippen LogP contribution in [0.15, 0.2) is 30.3 Å². The molecule has 9 nitrogen and oxygen atoms in total. The Labute approximate surface area is 167 Å². The zero-order valence-corrected chi connectivity index (χ0v) is 16.3. The molecule has 0 unspecified atom stereocenters. The van der Waals surface area contributed by atoms with Crippen molar-refractivity contribution >= 4 is 28.3 Å². The number of fused-ring (bicyclic) bond motifs is 1. The molecule has 1 amide bonds. The van der Waals surface area contributed by atoms with Gasteiger partial charge in [0.2, 0.25) is 0 Å². The Bertz CT molecular complexity index is 1090. The van der Waals surface area contributed by atoms with Crippen LogP contribution in [0.5, 0.6) is 0 Å². The van der Waals surface area contributed by atoms with Crippen molar-refractivity contribution in [2.75, 3.05) is 18.4 Å². The summed E-state index contributed by atoms with van der Waals surface area (Å²) in [5, 5.41) is 22.0. The Morgan fingerprint density at radius 2 is 2.00 bits per heavy atom. The number of pyridine rings is 1. The van der Waals surface area contributed by atoms with E-state index in [1.54, 1.807) is 16.8 Å². The monoisotopic (exact) mass is 394 g/mol. The first-order valence-corrected chi connectivity index (χ1v) is 9.55. The van der Waals surface area contributed by atoms with Gasteiger partial charge in [0, 0.05) is 49.6 Å². The van der Waals surface area contributed by atoms with Crippen LogP contribution in [0.25, 0.3) is 11.0 Å². The van der Waals surface area contributed by atoms with Gasteiger partial charge in [0.05, 0.1) is 21.6 Å². The van der Waals surface area contributed by atoms with Crippen molar-refractivity contribution < 1.29 is 9.72 Å². The second kappa shape index (κ2) is 7.50. The molecule has 3 aromatic rings. The number of anilines is 1. The number of carbonyl (C=O) groups excluding carboxylic acids is 1. The van der Waals surface area contributed by atoms with E-state index in [2.05, 4.69) is 15.7 Å². The molecule has 2 heterocycles. The number of non-ortho nitro benzene ring substituents is 1. The highest BCUT2D eigenvalue weighted by Crippen LogP contribution is 2.40. The summed E-state index contributed by atoms with van der Waals surface area (Å²) in [6.45, 7) is 2.80. The zero-order chi connectivity index (χ0) is 20.5. The SMILES string of the molecule is Cc1nn(C)c2nc(C3CC3)cc(C(=O)NCCNc3ccc([N+](=O)[O-])cc3)c12. The number of hydrogen-bond donors (Lipinski definition) is 2. The van der Waals surface area contributed by atoms with Gasteiger partial charge in [0.25, 0.3) is 11.6 Å². The molecule has 0 radical (unpaired) electrons. The van der Waals surface area contributed by atoms with Crippen LogP contribution in [-0.4, -0.2) is 38.7 Å². The van der Waals surface area contributed by atoms with Crippen molar-refractivity contribution in [3.05, 3.63) is 57.4 Å². The van der Waals surface area contributed by atoms with E-state index < -0.39 is 4.92 Å². The van der Waals surface area contributed by atoms with Crippen molar-refractivity contribution in [1.29, 1.82) is 0 Å². The molecule has 0 saturated heterocycles. The van der Waals surface area contributed by atoms with Gasteiger partial charge in [0.1, 0.15) is 0 Å². The minimum absolute atomic E-state index is 0.0452. The lowest BCUT2D eigenvalue weighted by Gasteiger charge is -2.10. The van der Waals surface area contributed by atoms with E-state index in [1.807, 2.05) is 20.0 Å². The number of amides is 1. The van der Waals surface area contributed by atoms with Crippen LogP contribution >= 0.6 is 0 Å². The molecule has 1 aliphatic carbocycles. The Balaban J connectivity index is 1.43. The minimum Gasteiger partial charge on any atom is -0.383 e. The van der Waals surface area contributed by atoms with Crippen molar-refractivity contribution in [2.24, 2.45) is 7.05 Å². The summed E-state index contributed by atoms with van der Waals surface area (Å²) in [4.78, 5) is 27.8. The lowest BCUT2D eigenvalue weighted by atomic mass is 10.1. The maximum atomic E-state index is 12.9. The first-order chi connectivity index (χ1) is 13.9. The van der Waals surface area contributed by atoms with Gasteiger partial charge in [-0.3, -0.25) is 19.6 Å². The maximum Gasteiger partial charge on any atom is 0.269 e. The number of nitrogens with one attached hydrogen (secondary N) is 2. The molecule has 0 bridgehead atoms. The molecule has 2 N–H and O–H groups in total. The molecule has 4 rings (SSSR count). The molecule has 2 aromatic heterocycles. The summed E-state index contributed by atoms with van der Waals surface area (Å²) in [5.41, 5.74) is 3.89. The first-order valence-electron chi connectivity index (χ1n) is 9.55. The number of hydrogen-bond acceptors (Lipinski definition) is 6. The van der Waals surface area contributed by atoms with E-state index in [0.717, 1.165) is 41.0 Å². The number of aryl methyl sites for hydroxylation is 2. The van der Waals surface area contributed by atoms with Crippen molar-refractivity contribution in [3.63, 3.8) is 0 Å². The molecule has 0 aliphatic heterocycles. The normalized spacial score (nSPS) is 13.4. The van der Waals surface area contributed by atoms with Gasteiger partial charge in [-0.05, 0) is 38.0 Å². The summed E-state index contributed by atoms with van der Waals surface area (Å²) in [6.07, 6.45) is 2.21. The van der Waals surface area contributed by atoms with Gasteiger partial charge in [-0.2, -0.15) is 5.10 Å². The third kappa shape index (κ3) is 3.89. The van der Waals surface area contributed by atoms with E-state index in [-0.39, 0.29) is 11.6 Å². The van der Waals surface area contributed by atoms with Crippen LogP contribution in [-0.2, 0) is 7.05 Å². The third-order valence-corrected chi connectivity index (χ3v) is 5.05. The fourth-order valence-corrected chi connectivity index (χ4v) is 3.41. The van der Waals surface area contributed by atoms with Crippen molar-refractivity contribution in [1.82, 2.24) is 20.1 Å². The van der Waals surface area contributed by atoms with E-state index in [4.69, 9.17) is 4.98 Å². The van der Waals surface area contributed by atoms with Crippen LogP contribution in [0.1, 0.15) is 40.5 Å². The molecule has 1 aromatic carbocycles. The van der Waals surface area contributed by atoms with E-state index >= 15 is 0 Å². The Hall–Kier alpha value is -3.49.